The first-order valence-corrected chi connectivity index (χ1v) is 7.37. The third-order valence-electron chi connectivity index (χ3n) is 3.07. The average molecular weight is 284 g/mol. The van der Waals surface area contributed by atoms with Gasteiger partial charge < -0.3 is 21.1 Å². The van der Waals surface area contributed by atoms with Crippen molar-refractivity contribution in [3.8, 4) is 0 Å². The second-order valence-electron chi connectivity index (χ2n) is 4.67. The first-order valence-electron chi connectivity index (χ1n) is 6.55. The molecular weight excluding hydrogens is 264 g/mol. The maximum Gasteiger partial charge on any atom is 0.352 e. The Labute approximate surface area is 116 Å². The Bertz CT molecular complexity index is 441. The highest BCUT2D eigenvalue weighted by atomic mass is 32.1. The summed E-state index contributed by atoms with van der Waals surface area (Å²) in [6.45, 7) is 4.07. The monoisotopic (exact) mass is 284 g/mol. The molecule has 1 aromatic heterocycles. The molecule has 0 unspecified atom stereocenters. The van der Waals surface area contributed by atoms with Crippen LogP contribution < -0.4 is 16.4 Å². The number of hydrogen-bond acceptors (Lipinski definition) is 7. The minimum Gasteiger partial charge on any atom is -0.461 e. The molecule has 2 rings (SSSR count). The van der Waals surface area contributed by atoms with Crippen LogP contribution in [0.3, 0.4) is 0 Å². The van der Waals surface area contributed by atoms with Crippen LogP contribution in [0, 0.1) is 0 Å². The van der Waals surface area contributed by atoms with Gasteiger partial charge in [-0.2, -0.15) is 0 Å². The highest BCUT2D eigenvalue weighted by Crippen LogP contribution is 2.30. The van der Waals surface area contributed by atoms with Gasteiger partial charge in [-0.05, 0) is 19.3 Å². The highest BCUT2D eigenvalue weighted by Gasteiger charge is 2.23. The van der Waals surface area contributed by atoms with Crippen LogP contribution in [-0.4, -0.2) is 36.7 Å². The maximum atomic E-state index is 11.8. The van der Waals surface area contributed by atoms with Crippen molar-refractivity contribution in [3.63, 3.8) is 0 Å². The minimum atomic E-state index is -0.378. The lowest BCUT2D eigenvalue weighted by Gasteiger charge is -2.29. The number of carbonyl (C=O) groups is 1. The van der Waals surface area contributed by atoms with Crippen LogP contribution in [0.4, 0.5) is 10.9 Å². The number of nitrogen functional groups attached to an aromatic ring is 1. The number of carbonyl (C=O) groups excluding carboxylic acids is 1. The third kappa shape index (κ3) is 3.36. The van der Waals surface area contributed by atoms with Crippen LogP contribution in [0.5, 0.6) is 0 Å². The van der Waals surface area contributed by atoms with E-state index in [-0.39, 0.29) is 17.8 Å². The largest absolute Gasteiger partial charge is 0.461 e. The third-order valence-corrected chi connectivity index (χ3v) is 4.19. The fraction of sp³-hybridized carbons (Fsp3) is 0.667. The number of aromatic nitrogens is 1. The van der Waals surface area contributed by atoms with Crippen molar-refractivity contribution in [2.45, 2.75) is 32.2 Å². The van der Waals surface area contributed by atoms with Gasteiger partial charge in [0.15, 0.2) is 15.8 Å². The van der Waals surface area contributed by atoms with Gasteiger partial charge in [0, 0.05) is 19.1 Å². The van der Waals surface area contributed by atoms with E-state index in [9.17, 15) is 4.79 Å². The van der Waals surface area contributed by atoms with E-state index in [1.165, 1.54) is 11.3 Å². The minimum absolute atomic E-state index is 0.260. The van der Waals surface area contributed by atoms with Gasteiger partial charge in [0.25, 0.3) is 0 Å². The molecule has 0 spiro atoms. The summed E-state index contributed by atoms with van der Waals surface area (Å²) in [6.07, 6.45) is 2.67. The van der Waals surface area contributed by atoms with Crippen LogP contribution in [0.15, 0.2) is 0 Å². The van der Waals surface area contributed by atoms with Crippen LogP contribution in [-0.2, 0) is 4.74 Å². The lowest BCUT2D eigenvalue weighted by Crippen LogP contribution is -2.39. The van der Waals surface area contributed by atoms with Crippen LogP contribution in [0.2, 0.25) is 0 Å². The number of piperidine rings is 1. The Morgan fingerprint density at radius 2 is 2.21 bits per heavy atom. The maximum absolute atomic E-state index is 11.8. The number of esters is 1. The summed E-state index contributed by atoms with van der Waals surface area (Å²) >= 11 is 1.30. The zero-order chi connectivity index (χ0) is 13.8. The summed E-state index contributed by atoms with van der Waals surface area (Å²) in [5, 5.41) is 0.785. The van der Waals surface area contributed by atoms with Crippen molar-refractivity contribution >= 4 is 28.3 Å². The van der Waals surface area contributed by atoms with Gasteiger partial charge in [0.1, 0.15) is 0 Å². The van der Waals surface area contributed by atoms with Crippen molar-refractivity contribution in [2.24, 2.45) is 5.73 Å². The van der Waals surface area contributed by atoms with Gasteiger partial charge in [-0.1, -0.05) is 18.3 Å². The molecule has 1 fully saturated rings. The van der Waals surface area contributed by atoms with Crippen LogP contribution in [0.1, 0.15) is 35.9 Å². The van der Waals surface area contributed by atoms with Crippen LogP contribution in [0.25, 0.3) is 0 Å². The molecule has 0 amide bonds. The number of hydrogen-bond donors (Lipinski definition) is 2. The number of anilines is 2. The molecular formula is C12H20N4O2S. The molecule has 2 heterocycles. The Morgan fingerprint density at radius 1 is 1.53 bits per heavy atom. The second-order valence-corrected chi connectivity index (χ2v) is 5.65. The smallest absolute Gasteiger partial charge is 0.352 e. The van der Waals surface area contributed by atoms with E-state index in [0.717, 1.165) is 37.5 Å². The molecule has 4 N–H and O–H groups in total. The van der Waals surface area contributed by atoms with Crippen molar-refractivity contribution in [3.05, 3.63) is 4.88 Å². The molecule has 0 aromatic carbocycles. The van der Waals surface area contributed by atoms with E-state index in [1.54, 1.807) is 0 Å². The fourth-order valence-electron chi connectivity index (χ4n) is 1.95. The number of ether oxygens (including phenoxy) is 1. The summed E-state index contributed by atoms with van der Waals surface area (Å²) in [4.78, 5) is 18.6. The molecule has 1 aliphatic heterocycles. The molecule has 0 atom stereocenters. The predicted octanol–water partition coefficient (Wildman–Crippen LogP) is 1.22. The summed E-state index contributed by atoms with van der Waals surface area (Å²) in [5.41, 5.74) is 11.7. The average Bonchev–Trinajstić information content (AvgIpc) is 2.79. The molecule has 0 aliphatic carbocycles. The number of nitrogens with two attached hydrogens (primary N) is 2. The van der Waals surface area contributed by atoms with E-state index in [1.807, 2.05) is 6.92 Å². The molecule has 1 aliphatic rings. The topological polar surface area (TPSA) is 94.5 Å². The standard InChI is InChI=1S/C12H20N4O2S/c1-2-7-18-11(17)9-10(14)15-12(19-9)16-5-3-8(13)4-6-16/h8H,2-7,13-14H2,1H3. The van der Waals surface area contributed by atoms with E-state index in [4.69, 9.17) is 16.2 Å². The first kappa shape index (κ1) is 14.1. The van der Waals surface area contributed by atoms with E-state index in [0.29, 0.717) is 11.5 Å². The fourth-order valence-corrected chi connectivity index (χ4v) is 2.88. The van der Waals surface area contributed by atoms with E-state index >= 15 is 0 Å². The van der Waals surface area contributed by atoms with Crippen molar-refractivity contribution in [2.75, 3.05) is 30.3 Å². The van der Waals surface area contributed by atoms with Crippen molar-refractivity contribution < 1.29 is 9.53 Å². The Morgan fingerprint density at radius 3 is 2.84 bits per heavy atom. The lowest BCUT2D eigenvalue weighted by molar-refractivity contribution is 0.0512. The molecule has 19 heavy (non-hydrogen) atoms. The van der Waals surface area contributed by atoms with Gasteiger partial charge in [-0.25, -0.2) is 9.78 Å². The van der Waals surface area contributed by atoms with Crippen molar-refractivity contribution in [1.29, 1.82) is 0 Å². The zero-order valence-electron chi connectivity index (χ0n) is 11.1. The number of rotatable bonds is 4. The quantitative estimate of drug-likeness (QED) is 0.807. The Balaban J connectivity index is 2.05. The number of nitrogens with zero attached hydrogens (tertiary/aromatic N) is 2. The molecule has 0 saturated carbocycles. The first-order chi connectivity index (χ1) is 9.11. The molecule has 6 nitrogen and oxygen atoms in total. The number of thiazole rings is 1. The van der Waals surface area contributed by atoms with Gasteiger partial charge >= 0.3 is 5.97 Å². The zero-order valence-corrected chi connectivity index (χ0v) is 11.9. The van der Waals surface area contributed by atoms with Gasteiger partial charge in [0.2, 0.25) is 0 Å². The Hall–Kier alpha value is -1.34. The summed E-state index contributed by atoms with van der Waals surface area (Å²) < 4.78 is 5.09. The van der Waals surface area contributed by atoms with Crippen molar-refractivity contribution in [1.82, 2.24) is 4.98 Å². The summed E-state index contributed by atoms with van der Waals surface area (Å²) in [5.74, 6) is -0.118. The van der Waals surface area contributed by atoms with Gasteiger partial charge in [-0.3, -0.25) is 0 Å². The normalized spacial score (nSPS) is 16.6. The molecule has 0 bridgehead atoms. The van der Waals surface area contributed by atoms with E-state index in [2.05, 4.69) is 9.88 Å². The predicted molar refractivity (Wildman–Crippen MR) is 76.5 cm³/mol. The SMILES string of the molecule is CCCOC(=O)c1sc(N2CCC(N)CC2)nc1N. The van der Waals surface area contributed by atoms with Gasteiger partial charge in [0.05, 0.1) is 6.61 Å². The summed E-state index contributed by atoms with van der Waals surface area (Å²) in [7, 11) is 0. The molecule has 1 aromatic rings. The second kappa shape index (κ2) is 6.21. The van der Waals surface area contributed by atoms with E-state index < -0.39 is 0 Å². The van der Waals surface area contributed by atoms with Gasteiger partial charge in [-0.15, -0.1) is 0 Å². The highest BCUT2D eigenvalue weighted by molar-refractivity contribution is 7.18. The molecule has 106 valence electrons. The lowest BCUT2D eigenvalue weighted by atomic mass is 10.1. The molecule has 1 saturated heterocycles. The Kier molecular flexibility index (Phi) is 4.60. The summed E-state index contributed by atoms with van der Waals surface area (Å²) in [6, 6.07) is 0.266. The molecule has 0 radical (unpaired) electrons. The van der Waals surface area contributed by atoms with Crippen LogP contribution >= 0.6 is 11.3 Å². The molecule has 7 heteroatoms.